The molecule has 0 radical (unpaired) electrons. The molecule has 0 saturated carbocycles. The van der Waals surface area contributed by atoms with Gasteiger partial charge < -0.3 is 5.73 Å². The predicted octanol–water partition coefficient (Wildman–Crippen LogP) is 5.18. The highest BCUT2D eigenvalue weighted by atomic mass is 35.5. The summed E-state index contributed by atoms with van der Waals surface area (Å²) in [7, 11) is 0. The van der Waals surface area contributed by atoms with Crippen molar-refractivity contribution in [3.05, 3.63) is 75.3 Å². The van der Waals surface area contributed by atoms with Gasteiger partial charge in [-0.05, 0) is 30.3 Å². The van der Waals surface area contributed by atoms with Crippen LogP contribution >= 0.6 is 11.6 Å². The first-order valence-corrected chi connectivity index (χ1v) is 7.98. The van der Waals surface area contributed by atoms with E-state index in [1.165, 1.54) is 30.3 Å². The topological polar surface area (TPSA) is 131 Å². The zero-order valence-electron chi connectivity index (χ0n) is 13.7. The van der Waals surface area contributed by atoms with Crippen molar-refractivity contribution in [3.63, 3.8) is 0 Å². The molecule has 3 rings (SSSR count). The summed E-state index contributed by atoms with van der Waals surface area (Å²) in [5.74, 6) is 0.0803. The highest BCUT2D eigenvalue weighted by Gasteiger charge is 2.12. The van der Waals surface area contributed by atoms with E-state index in [4.69, 9.17) is 17.3 Å². The molecule has 0 unspecified atom stereocenters. The number of pyridine rings is 1. The molecule has 1 heterocycles. The number of nitro groups is 1. The van der Waals surface area contributed by atoms with Crippen LogP contribution in [0.25, 0.3) is 11.3 Å². The Morgan fingerprint density at radius 3 is 2.37 bits per heavy atom. The smallest absolute Gasteiger partial charge is 0.269 e. The summed E-state index contributed by atoms with van der Waals surface area (Å²) in [6.07, 6.45) is 0. The first-order valence-electron chi connectivity index (χ1n) is 7.60. The van der Waals surface area contributed by atoms with Gasteiger partial charge in [0.25, 0.3) is 5.69 Å². The van der Waals surface area contributed by atoms with Crippen molar-refractivity contribution >= 4 is 34.5 Å². The Hall–Kier alpha value is -3.83. The fraction of sp³-hybridized carbons (Fsp3) is 0. The van der Waals surface area contributed by atoms with Crippen LogP contribution in [0.4, 0.5) is 22.9 Å². The van der Waals surface area contributed by atoms with E-state index in [0.29, 0.717) is 27.7 Å². The standard InChI is InChI=1S/C18H11ClN6O2/c19-13-3-1-11(2-4-13)17-16(9-12(10-20)18(21)22-17)24-23-14-5-7-15(8-6-14)25(26)27/h1-9H,(H2,21,22). The van der Waals surface area contributed by atoms with E-state index in [1.54, 1.807) is 24.3 Å². The number of nitrogens with zero attached hydrogens (tertiary/aromatic N) is 5. The lowest BCUT2D eigenvalue weighted by atomic mass is 10.1. The summed E-state index contributed by atoms with van der Waals surface area (Å²) >= 11 is 5.92. The first-order chi connectivity index (χ1) is 13.0. The third-order valence-electron chi connectivity index (χ3n) is 3.60. The molecule has 0 saturated heterocycles. The number of nitrogens with two attached hydrogens (primary N) is 1. The van der Waals surface area contributed by atoms with Crippen LogP contribution in [-0.2, 0) is 0 Å². The second-order valence-corrected chi connectivity index (χ2v) is 5.82. The number of benzene rings is 2. The second kappa shape index (κ2) is 7.59. The number of halogens is 1. The average molecular weight is 379 g/mol. The van der Waals surface area contributed by atoms with E-state index in [1.807, 2.05) is 6.07 Å². The van der Waals surface area contributed by atoms with E-state index >= 15 is 0 Å². The highest BCUT2D eigenvalue weighted by Crippen LogP contribution is 2.33. The first kappa shape index (κ1) is 18.0. The van der Waals surface area contributed by atoms with Gasteiger partial charge in [-0.15, -0.1) is 5.11 Å². The van der Waals surface area contributed by atoms with Crippen LogP contribution in [0.5, 0.6) is 0 Å². The van der Waals surface area contributed by atoms with E-state index in [0.717, 1.165) is 0 Å². The summed E-state index contributed by atoms with van der Waals surface area (Å²) in [6, 6.07) is 15.9. The Labute approximate surface area is 158 Å². The number of nitro benzene ring substituents is 1. The number of nitriles is 1. The van der Waals surface area contributed by atoms with Crippen molar-refractivity contribution in [2.24, 2.45) is 10.2 Å². The van der Waals surface area contributed by atoms with Gasteiger partial charge in [-0.1, -0.05) is 23.7 Å². The van der Waals surface area contributed by atoms with Gasteiger partial charge in [-0.3, -0.25) is 10.1 Å². The molecule has 8 nitrogen and oxygen atoms in total. The lowest BCUT2D eigenvalue weighted by molar-refractivity contribution is -0.384. The Bertz CT molecular complexity index is 1070. The van der Waals surface area contributed by atoms with Crippen LogP contribution in [-0.4, -0.2) is 9.91 Å². The molecule has 2 N–H and O–H groups in total. The summed E-state index contributed by atoms with van der Waals surface area (Å²) in [6.45, 7) is 0. The number of hydrogen-bond acceptors (Lipinski definition) is 7. The number of rotatable bonds is 4. The SMILES string of the molecule is N#Cc1cc(N=Nc2ccc([N+](=O)[O-])cc2)c(-c2ccc(Cl)cc2)nc1N. The minimum absolute atomic E-state index is 0.0447. The minimum Gasteiger partial charge on any atom is -0.383 e. The monoisotopic (exact) mass is 378 g/mol. The molecular weight excluding hydrogens is 368 g/mol. The molecule has 1 aromatic heterocycles. The van der Waals surface area contributed by atoms with Gasteiger partial charge in [-0.2, -0.15) is 10.4 Å². The molecule has 0 bridgehead atoms. The van der Waals surface area contributed by atoms with Crippen molar-refractivity contribution in [2.45, 2.75) is 0 Å². The van der Waals surface area contributed by atoms with Crippen LogP contribution in [0.2, 0.25) is 5.02 Å². The van der Waals surface area contributed by atoms with Crippen molar-refractivity contribution in [1.29, 1.82) is 5.26 Å². The number of anilines is 1. The third-order valence-corrected chi connectivity index (χ3v) is 3.86. The molecule has 0 atom stereocenters. The normalized spacial score (nSPS) is 10.7. The Morgan fingerprint density at radius 2 is 1.78 bits per heavy atom. The summed E-state index contributed by atoms with van der Waals surface area (Å²) in [4.78, 5) is 14.5. The Kier molecular flexibility index (Phi) is 5.06. The number of non-ortho nitro benzene ring substituents is 1. The zero-order valence-corrected chi connectivity index (χ0v) is 14.5. The maximum Gasteiger partial charge on any atom is 0.269 e. The summed E-state index contributed by atoms with van der Waals surface area (Å²) < 4.78 is 0. The van der Waals surface area contributed by atoms with Gasteiger partial charge >= 0.3 is 0 Å². The predicted molar refractivity (Wildman–Crippen MR) is 101 cm³/mol. The van der Waals surface area contributed by atoms with Gasteiger partial charge in [0.15, 0.2) is 0 Å². The quantitative estimate of drug-likeness (QED) is 0.379. The molecule has 3 aromatic rings. The fourth-order valence-electron chi connectivity index (χ4n) is 2.26. The number of aromatic nitrogens is 1. The largest absolute Gasteiger partial charge is 0.383 e. The van der Waals surface area contributed by atoms with Gasteiger partial charge in [0.2, 0.25) is 0 Å². The van der Waals surface area contributed by atoms with Crippen LogP contribution in [0.15, 0.2) is 64.8 Å². The molecule has 132 valence electrons. The van der Waals surface area contributed by atoms with Crippen molar-refractivity contribution in [3.8, 4) is 17.3 Å². The van der Waals surface area contributed by atoms with Crippen molar-refractivity contribution in [2.75, 3.05) is 5.73 Å². The van der Waals surface area contributed by atoms with E-state index in [-0.39, 0.29) is 17.1 Å². The maximum atomic E-state index is 10.7. The number of hydrogen-bond donors (Lipinski definition) is 1. The maximum absolute atomic E-state index is 10.7. The Morgan fingerprint density at radius 1 is 1.11 bits per heavy atom. The van der Waals surface area contributed by atoms with E-state index in [2.05, 4.69) is 15.2 Å². The molecule has 0 aliphatic heterocycles. The fourth-order valence-corrected chi connectivity index (χ4v) is 2.38. The molecule has 0 spiro atoms. The van der Waals surface area contributed by atoms with E-state index in [9.17, 15) is 15.4 Å². The van der Waals surface area contributed by atoms with Gasteiger partial charge in [0.05, 0.1) is 16.2 Å². The van der Waals surface area contributed by atoms with Crippen LogP contribution in [0, 0.1) is 21.4 Å². The Balaban J connectivity index is 2.03. The summed E-state index contributed by atoms with van der Waals surface area (Å²) in [5.41, 5.74) is 7.84. The molecule has 0 aliphatic carbocycles. The van der Waals surface area contributed by atoms with Crippen LogP contribution in [0.1, 0.15) is 5.56 Å². The van der Waals surface area contributed by atoms with Crippen molar-refractivity contribution < 1.29 is 4.92 Å². The molecule has 0 aliphatic rings. The molecule has 0 amide bonds. The van der Waals surface area contributed by atoms with Crippen LogP contribution in [0.3, 0.4) is 0 Å². The highest BCUT2D eigenvalue weighted by molar-refractivity contribution is 6.30. The molecule has 2 aromatic carbocycles. The lowest BCUT2D eigenvalue weighted by Gasteiger charge is -2.07. The van der Waals surface area contributed by atoms with Crippen LogP contribution < -0.4 is 5.73 Å². The third kappa shape index (κ3) is 4.05. The molecule has 9 heteroatoms. The summed E-state index contributed by atoms with van der Waals surface area (Å²) in [5, 5.41) is 28.7. The second-order valence-electron chi connectivity index (χ2n) is 5.38. The van der Waals surface area contributed by atoms with Crippen molar-refractivity contribution in [1.82, 2.24) is 4.98 Å². The van der Waals surface area contributed by atoms with Gasteiger partial charge in [0.1, 0.15) is 23.3 Å². The van der Waals surface area contributed by atoms with E-state index < -0.39 is 4.92 Å². The number of nitrogen functional groups attached to an aromatic ring is 1. The lowest BCUT2D eigenvalue weighted by Crippen LogP contribution is -1.97. The molecular formula is C18H11ClN6O2. The van der Waals surface area contributed by atoms with Gasteiger partial charge in [0, 0.05) is 22.7 Å². The average Bonchev–Trinajstić information content (AvgIpc) is 2.67. The molecule has 27 heavy (non-hydrogen) atoms. The molecule has 0 fully saturated rings. The number of azo groups is 1. The van der Waals surface area contributed by atoms with Gasteiger partial charge in [-0.25, -0.2) is 4.98 Å². The zero-order chi connectivity index (χ0) is 19.4. The minimum atomic E-state index is -0.497.